The average molecular weight is 456 g/mol. The van der Waals surface area contributed by atoms with Crippen molar-refractivity contribution in [1.29, 1.82) is 0 Å². The van der Waals surface area contributed by atoms with Crippen LogP contribution in [-0.2, 0) is 11.3 Å². The summed E-state index contributed by atoms with van der Waals surface area (Å²) in [5, 5.41) is 11.5. The van der Waals surface area contributed by atoms with Gasteiger partial charge >= 0.3 is 0 Å². The number of hydrogen-bond acceptors (Lipinski definition) is 4. The second-order valence-electron chi connectivity index (χ2n) is 9.52. The standard InChI is InChI=1S/C25H30ClN3O3/c1-16-11-19(9-10-20(16)26)32-15-18(30)14-28-22-8-6-5-7-21(22)27-24(28)17-12-23(31)29(13-17)25(2,3)4/h5-11,17-18,30H,12-15H2,1-4H3/t17-,18-/m0/s1. The lowest BCUT2D eigenvalue weighted by Crippen LogP contribution is -2.42. The van der Waals surface area contributed by atoms with Gasteiger partial charge in [0.2, 0.25) is 5.91 Å². The summed E-state index contributed by atoms with van der Waals surface area (Å²) in [6.45, 7) is 9.18. The van der Waals surface area contributed by atoms with Crippen molar-refractivity contribution in [1.82, 2.24) is 14.5 Å². The zero-order valence-electron chi connectivity index (χ0n) is 19.0. The number of aryl methyl sites for hydroxylation is 1. The number of carbonyl (C=O) groups is 1. The number of halogens is 1. The lowest BCUT2D eigenvalue weighted by Gasteiger charge is -2.32. The number of aromatic nitrogens is 2. The minimum atomic E-state index is -0.738. The first kappa shape index (κ1) is 22.6. The number of amides is 1. The molecule has 32 heavy (non-hydrogen) atoms. The van der Waals surface area contributed by atoms with Crippen LogP contribution in [0.3, 0.4) is 0 Å². The van der Waals surface area contributed by atoms with Crippen molar-refractivity contribution < 1.29 is 14.6 Å². The molecule has 2 aromatic carbocycles. The van der Waals surface area contributed by atoms with Crippen molar-refractivity contribution in [3.63, 3.8) is 0 Å². The van der Waals surface area contributed by atoms with E-state index in [1.807, 2.05) is 46.7 Å². The van der Waals surface area contributed by atoms with Gasteiger partial charge in [-0.2, -0.15) is 0 Å². The molecule has 1 aliphatic heterocycles. The van der Waals surface area contributed by atoms with E-state index in [1.165, 1.54) is 0 Å². The van der Waals surface area contributed by atoms with Crippen molar-refractivity contribution in [2.24, 2.45) is 0 Å². The molecule has 1 fully saturated rings. The maximum atomic E-state index is 12.7. The summed E-state index contributed by atoms with van der Waals surface area (Å²) in [5.41, 5.74) is 2.51. The highest BCUT2D eigenvalue weighted by Crippen LogP contribution is 2.34. The number of rotatable bonds is 6. The molecule has 0 bridgehead atoms. The summed E-state index contributed by atoms with van der Waals surface area (Å²) in [4.78, 5) is 19.5. The third-order valence-electron chi connectivity index (χ3n) is 5.95. The van der Waals surface area contributed by atoms with Crippen LogP contribution < -0.4 is 4.74 Å². The third-order valence-corrected chi connectivity index (χ3v) is 6.37. The number of para-hydroxylation sites is 2. The molecule has 0 unspecified atom stereocenters. The van der Waals surface area contributed by atoms with E-state index in [1.54, 1.807) is 12.1 Å². The predicted octanol–water partition coefficient (Wildman–Crippen LogP) is 4.55. The molecule has 1 aliphatic rings. The minimum absolute atomic E-state index is 0.0128. The summed E-state index contributed by atoms with van der Waals surface area (Å²) in [5.74, 6) is 1.64. The molecule has 3 aromatic rings. The fourth-order valence-electron chi connectivity index (χ4n) is 4.29. The van der Waals surface area contributed by atoms with Crippen LogP contribution in [0.4, 0.5) is 0 Å². The van der Waals surface area contributed by atoms with E-state index in [-0.39, 0.29) is 24.0 Å². The first-order valence-corrected chi connectivity index (χ1v) is 11.3. The van der Waals surface area contributed by atoms with Crippen molar-refractivity contribution in [3.8, 4) is 5.75 Å². The Hall–Kier alpha value is -2.57. The lowest BCUT2D eigenvalue weighted by atomic mass is 10.1. The van der Waals surface area contributed by atoms with E-state index in [2.05, 4.69) is 20.8 Å². The Balaban J connectivity index is 1.55. The van der Waals surface area contributed by atoms with Gasteiger partial charge < -0.3 is 19.3 Å². The van der Waals surface area contributed by atoms with Crippen LogP contribution in [0.15, 0.2) is 42.5 Å². The van der Waals surface area contributed by atoms with Gasteiger partial charge in [0.15, 0.2) is 0 Å². The van der Waals surface area contributed by atoms with Crippen LogP contribution in [0, 0.1) is 6.92 Å². The lowest BCUT2D eigenvalue weighted by molar-refractivity contribution is -0.131. The number of benzene rings is 2. The van der Waals surface area contributed by atoms with E-state index in [0.717, 1.165) is 22.4 Å². The number of hydrogen-bond donors (Lipinski definition) is 1. The first-order valence-electron chi connectivity index (χ1n) is 11.0. The number of likely N-dealkylation sites (tertiary alicyclic amines) is 1. The fourth-order valence-corrected chi connectivity index (χ4v) is 4.41. The predicted molar refractivity (Wildman–Crippen MR) is 126 cm³/mol. The van der Waals surface area contributed by atoms with Crippen LogP contribution in [0.5, 0.6) is 5.75 Å². The second-order valence-corrected chi connectivity index (χ2v) is 9.93. The fraction of sp³-hybridized carbons (Fsp3) is 0.440. The highest BCUT2D eigenvalue weighted by atomic mass is 35.5. The van der Waals surface area contributed by atoms with Gasteiger partial charge in [-0.05, 0) is 63.6 Å². The van der Waals surface area contributed by atoms with Gasteiger partial charge in [-0.25, -0.2) is 4.98 Å². The Bertz CT molecular complexity index is 1140. The largest absolute Gasteiger partial charge is 0.491 e. The number of aliphatic hydroxyl groups excluding tert-OH is 1. The Morgan fingerprint density at radius 2 is 2.00 bits per heavy atom. The number of ether oxygens (including phenoxy) is 1. The molecule has 0 aliphatic carbocycles. The highest BCUT2D eigenvalue weighted by Gasteiger charge is 2.39. The van der Waals surface area contributed by atoms with E-state index in [9.17, 15) is 9.90 Å². The van der Waals surface area contributed by atoms with E-state index >= 15 is 0 Å². The molecule has 170 valence electrons. The van der Waals surface area contributed by atoms with Crippen LogP contribution in [0.2, 0.25) is 5.02 Å². The molecule has 0 radical (unpaired) electrons. The quantitative estimate of drug-likeness (QED) is 0.592. The molecule has 1 amide bonds. The zero-order chi connectivity index (χ0) is 23.0. The molecule has 7 heteroatoms. The van der Waals surface area contributed by atoms with Crippen LogP contribution in [-0.4, -0.2) is 50.3 Å². The molecule has 2 heterocycles. The van der Waals surface area contributed by atoms with Crippen LogP contribution >= 0.6 is 11.6 Å². The first-order chi connectivity index (χ1) is 15.1. The summed E-state index contributed by atoms with van der Waals surface area (Å²) in [6, 6.07) is 13.3. The third kappa shape index (κ3) is 4.62. The molecule has 4 rings (SSSR count). The Morgan fingerprint density at radius 3 is 2.69 bits per heavy atom. The topological polar surface area (TPSA) is 67.6 Å². The van der Waals surface area contributed by atoms with Crippen molar-refractivity contribution in [2.45, 2.75) is 58.2 Å². The van der Waals surface area contributed by atoms with Crippen molar-refractivity contribution >= 4 is 28.5 Å². The van der Waals surface area contributed by atoms with E-state index < -0.39 is 6.10 Å². The number of carbonyl (C=O) groups excluding carboxylic acids is 1. The molecular formula is C25H30ClN3O3. The van der Waals surface area contributed by atoms with Gasteiger partial charge in [0, 0.05) is 29.4 Å². The van der Waals surface area contributed by atoms with Crippen molar-refractivity contribution in [3.05, 3.63) is 58.9 Å². The van der Waals surface area contributed by atoms with Gasteiger partial charge in [0.25, 0.3) is 0 Å². The molecule has 1 aromatic heterocycles. The molecule has 2 atom stereocenters. The van der Waals surface area contributed by atoms with Gasteiger partial charge in [0.1, 0.15) is 24.3 Å². The van der Waals surface area contributed by atoms with Crippen LogP contribution in [0.1, 0.15) is 44.5 Å². The van der Waals surface area contributed by atoms with Crippen LogP contribution in [0.25, 0.3) is 11.0 Å². The summed E-state index contributed by atoms with van der Waals surface area (Å²) in [6.07, 6.45) is -0.310. The molecule has 1 N–H and O–H groups in total. The molecule has 6 nitrogen and oxygen atoms in total. The van der Waals surface area contributed by atoms with Gasteiger partial charge in [-0.15, -0.1) is 0 Å². The Morgan fingerprint density at radius 1 is 1.25 bits per heavy atom. The SMILES string of the molecule is Cc1cc(OC[C@@H](O)Cn2c([C@H]3CC(=O)N(C(C)(C)C)C3)nc3ccccc32)ccc1Cl. The minimum Gasteiger partial charge on any atom is -0.491 e. The average Bonchev–Trinajstić information content (AvgIpc) is 3.30. The summed E-state index contributed by atoms with van der Waals surface area (Å²) >= 11 is 6.08. The second kappa shape index (κ2) is 8.75. The number of fused-ring (bicyclic) bond motifs is 1. The number of imidazole rings is 1. The van der Waals surface area contributed by atoms with Crippen molar-refractivity contribution in [2.75, 3.05) is 13.2 Å². The monoisotopic (exact) mass is 455 g/mol. The summed E-state index contributed by atoms with van der Waals surface area (Å²) < 4.78 is 7.85. The highest BCUT2D eigenvalue weighted by molar-refractivity contribution is 6.31. The normalized spacial score (nSPS) is 17.9. The van der Waals surface area contributed by atoms with Gasteiger partial charge in [0.05, 0.1) is 17.6 Å². The smallest absolute Gasteiger partial charge is 0.223 e. The maximum absolute atomic E-state index is 12.7. The molecule has 1 saturated heterocycles. The Labute approximate surface area is 193 Å². The summed E-state index contributed by atoms with van der Waals surface area (Å²) in [7, 11) is 0. The molecule has 0 saturated carbocycles. The van der Waals surface area contributed by atoms with Gasteiger partial charge in [-0.1, -0.05) is 23.7 Å². The number of nitrogens with zero attached hydrogens (tertiary/aromatic N) is 3. The van der Waals surface area contributed by atoms with E-state index in [0.29, 0.717) is 30.3 Å². The van der Waals surface area contributed by atoms with E-state index in [4.69, 9.17) is 21.3 Å². The molecular weight excluding hydrogens is 426 g/mol. The zero-order valence-corrected chi connectivity index (χ0v) is 19.8. The van der Waals surface area contributed by atoms with Gasteiger partial charge in [-0.3, -0.25) is 4.79 Å². The number of aliphatic hydroxyl groups is 1. The molecule has 0 spiro atoms. The maximum Gasteiger partial charge on any atom is 0.223 e. The Kier molecular flexibility index (Phi) is 6.19.